The third-order valence-electron chi connectivity index (χ3n) is 2.28. The van der Waals surface area contributed by atoms with E-state index in [0.717, 1.165) is 6.20 Å². The second-order valence-corrected chi connectivity index (χ2v) is 3.97. The molecule has 5 nitrogen and oxygen atoms in total. The first kappa shape index (κ1) is 17.3. The lowest BCUT2D eigenvalue weighted by molar-refractivity contribution is 0.572. The Hall–Kier alpha value is -1.74. The molecule has 0 unspecified atom stereocenters. The Kier molecular flexibility index (Phi) is 10.3. The maximum atomic E-state index is 12.1. The van der Waals surface area contributed by atoms with Crippen molar-refractivity contribution >= 4 is 0 Å². The number of nitrogens with zero attached hydrogens (tertiary/aromatic N) is 2. The van der Waals surface area contributed by atoms with Crippen molar-refractivity contribution < 1.29 is 4.39 Å². The first-order valence-corrected chi connectivity index (χ1v) is 6.51. The van der Waals surface area contributed by atoms with E-state index in [1.54, 1.807) is 0 Å². The number of nitrogens with one attached hydrogen (secondary N) is 2. The molecule has 0 aromatic carbocycles. The summed E-state index contributed by atoms with van der Waals surface area (Å²) < 4.78 is 12.1. The number of unbranched alkanes of at least 4 members (excludes halogenated alkanes) is 2. The SMILES string of the molecule is CCCCNCCCC.N#Cc1nc(F)c[nH]c1=O. The highest BCUT2D eigenvalue weighted by atomic mass is 19.1. The molecule has 19 heavy (non-hydrogen) atoms. The molecule has 1 aromatic heterocycles. The molecule has 0 atom stereocenters. The standard InChI is InChI=1S/C8H19N.C5H2FN3O/c1-3-5-7-9-8-6-4-2;6-4-2-8-5(10)3(1-7)9-4/h9H,3-8H2,1-2H3;2H,(H,8,10). The summed E-state index contributed by atoms with van der Waals surface area (Å²) in [6.07, 6.45) is 6.05. The molecular weight excluding hydrogens is 247 g/mol. The summed E-state index contributed by atoms with van der Waals surface area (Å²) >= 11 is 0. The normalized spacial score (nSPS) is 9.37. The third kappa shape index (κ3) is 8.91. The number of rotatable bonds is 6. The van der Waals surface area contributed by atoms with Gasteiger partial charge in [-0.1, -0.05) is 26.7 Å². The van der Waals surface area contributed by atoms with Crippen LogP contribution in [0.2, 0.25) is 0 Å². The van der Waals surface area contributed by atoms with Gasteiger partial charge in [-0.05, 0) is 25.9 Å². The summed E-state index contributed by atoms with van der Waals surface area (Å²) in [6, 6.07) is 1.44. The summed E-state index contributed by atoms with van der Waals surface area (Å²) in [6.45, 7) is 6.86. The number of H-pyrrole nitrogens is 1. The van der Waals surface area contributed by atoms with Gasteiger partial charge < -0.3 is 10.3 Å². The Morgan fingerprint density at radius 2 is 1.95 bits per heavy atom. The molecule has 0 saturated heterocycles. The van der Waals surface area contributed by atoms with Crippen molar-refractivity contribution in [2.24, 2.45) is 0 Å². The Bertz CT molecular complexity index is 433. The van der Waals surface area contributed by atoms with E-state index in [2.05, 4.69) is 24.1 Å². The number of hydrogen-bond acceptors (Lipinski definition) is 4. The number of nitriles is 1. The van der Waals surface area contributed by atoms with Gasteiger partial charge in [0.15, 0.2) is 0 Å². The van der Waals surface area contributed by atoms with Gasteiger partial charge in [0.2, 0.25) is 11.6 Å². The Morgan fingerprint density at radius 1 is 1.37 bits per heavy atom. The molecule has 106 valence electrons. The van der Waals surface area contributed by atoms with E-state index in [1.807, 2.05) is 4.98 Å². The topological polar surface area (TPSA) is 81.6 Å². The van der Waals surface area contributed by atoms with Gasteiger partial charge in [0, 0.05) is 0 Å². The van der Waals surface area contributed by atoms with Gasteiger partial charge in [0.1, 0.15) is 6.07 Å². The molecule has 1 rings (SSSR count). The van der Waals surface area contributed by atoms with Crippen molar-refractivity contribution in [2.45, 2.75) is 39.5 Å². The average molecular weight is 268 g/mol. The first-order valence-electron chi connectivity index (χ1n) is 6.51. The third-order valence-corrected chi connectivity index (χ3v) is 2.28. The maximum absolute atomic E-state index is 12.1. The molecule has 0 amide bonds. The molecule has 0 saturated carbocycles. The monoisotopic (exact) mass is 268 g/mol. The Labute approximate surface area is 112 Å². The van der Waals surface area contributed by atoms with Crippen LogP contribution in [0.4, 0.5) is 4.39 Å². The molecule has 0 aliphatic carbocycles. The Balaban J connectivity index is 0.000000344. The largest absolute Gasteiger partial charge is 0.322 e. The molecule has 0 bridgehead atoms. The minimum absolute atomic E-state index is 0.458. The lowest BCUT2D eigenvalue weighted by Gasteiger charge is -1.99. The summed E-state index contributed by atoms with van der Waals surface area (Å²) in [5.74, 6) is -0.865. The van der Waals surface area contributed by atoms with Crippen LogP contribution in [0, 0.1) is 17.3 Å². The van der Waals surface area contributed by atoms with Gasteiger partial charge in [0.25, 0.3) is 5.56 Å². The van der Waals surface area contributed by atoms with Crippen LogP contribution in [-0.4, -0.2) is 23.1 Å². The summed E-state index contributed by atoms with van der Waals surface area (Å²) in [5.41, 5.74) is -1.14. The zero-order valence-electron chi connectivity index (χ0n) is 11.5. The molecule has 0 radical (unpaired) electrons. The van der Waals surface area contributed by atoms with E-state index in [9.17, 15) is 9.18 Å². The number of aromatic nitrogens is 2. The van der Waals surface area contributed by atoms with Crippen LogP contribution in [0.25, 0.3) is 0 Å². The highest BCUT2D eigenvalue weighted by Gasteiger charge is 1.99. The quantitative estimate of drug-likeness (QED) is 0.773. The number of hydrogen-bond donors (Lipinski definition) is 2. The maximum Gasteiger partial charge on any atom is 0.284 e. The smallest absolute Gasteiger partial charge is 0.284 e. The fourth-order valence-corrected chi connectivity index (χ4v) is 1.19. The van der Waals surface area contributed by atoms with Crippen molar-refractivity contribution in [3.63, 3.8) is 0 Å². The van der Waals surface area contributed by atoms with Crippen LogP contribution in [-0.2, 0) is 0 Å². The predicted octanol–water partition coefficient (Wildman–Crippen LogP) is 1.96. The highest BCUT2D eigenvalue weighted by molar-refractivity contribution is 5.14. The predicted molar refractivity (Wildman–Crippen MR) is 72.2 cm³/mol. The van der Waals surface area contributed by atoms with Crippen LogP contribution >= 0.6 is 0 Å². The van der Waals surface area contributed by atoms with Crippen molar-refractivity contribution in [2.75, 3.05) is 13.1 Å². The second-order valence-electron chi connectivity index (χ2n) is 3.97. The van der Waals surface area contributed by atoms with Crippen LogP contribution in [0.3, 0.4) is 0 Å². The molecule has 2 N–H and O–H groups in total. The lowest BCUT2D eigenvalue weighted by Crippen LogP contribution is -2.15. The first-order chi connectivity index (χ1) is 9.15. The zero-order chi connectivity index (χ0) is 14.5. The molecule has 0 aliphatic heterocycles. The minimum Gasteiger partial charge on any atom is -0.322 e. The van der Waals surface area contributed by atoms with Crippen LogP contribution in [0.15, 0.2) is 11.0 Å². The van der Waals surface area contributed by atoms with E-state index >= 15 is 0 Å². The summed E-state index contributed by atoms with van der Waals surface area (Å²) in [5, 5.41) is 11.5. The van der Waals surface area contributed by atoms with Crippen molar-refractivity contribution in [3.05, 3.63) is 28.2 Å². The fourth-order valence-electron chi connectivity index (χ4n) is 1.19. The van der Waals surface area contributed by atoms with Crippen molar-refractivity contribution in [3.8, 4) is 6.07 Å². The van der Waals surface area contributed by atoms with Gasteiger partial charge in [-0.2, -0.15) is 9.65 Å². The minimum atomic E-state index is -0.865. The number of halogens is 1. The van der Waals surface area contributed by atoms with Crippen molar-refractivity contribution in [1.29, 1.82) is 5.26 Å². The van der Waals surface area contributed by atoms with Gasteiger partial charge in [-0.3, -0.25) is 4.79 Å². The molecular formula is C13H21FN4O. The van der Waals surface area contributed by atoms with Gasteiger partial charge >= 0.3 is 0 Å². The lowest BCUT2D eigenvalue weighted by atomic mass is 10.3. The van der Waals surface area contributed by atoms with Crippen LogP contribution < -0.4 is 10.9 Å². The van der Waals surface area contributed by atoms with E-state index in [4.69, 9.17) is 5.26 Å². The fraction of sp³-hybridized carbons (Fsp3) is 0.615. The summed E-state index contributed by atoms with van der Waals surface area (Å²) in [7, 11) is 0. The van der Waals surface area contributed by atoms with E-state index in [-0.39, 0.29) is 0 Å². The number of aromatic amines is 1. The molecule has 0 fully saturated rings. The average Bonchev–Trinajstić information content (AvgIpc) is 2.42. The molecule has 0 spiro atoms. The molecule has 1 heterocycles. The second kappa shape index (κ2) is 11.4. The van der Waals surface area contributed by atoms with E-state index in [0.29, 0.717) is 0 Å². The summed E-state index contributed by atoms with van der Waals surface area (Å²) in [4.78, 5) is 15.5. The molecule has 0 aliphatic rings. The van der Waals surface area contributed by atoms with E-state index in [1.165, 1.54) is 44.8 Å². The van der Waals surface area contributed by atoms with Gasteiger partial charge in [0.05, 0.1) is 6.20 Å². The Morgan fingerprint density at radius 3 is 2.37 bits per heavy atom. The van der Waals surface area contributed by atoms with Crippen LogP contribution in [0.5, 0.6) is 0 Å². The highest BCUT2D eigenvalue weighted by Crippen LogP contribution is 1.85. The van der Waals surface area contributed by atoms with E-state index < -0.39 is 17.2 Å². The molecule has 6 heteroatoms. The van der Waals surface area contributed by atoms with Crippen LogP contribution in [0.1, 0.15) is 45.2 Å². The molecule has 1 aromatic rings. The van der Waals surface area contributed by atoms with Crippen molar-refractivity contribution in [1.82, 2.24) is 15.3 Å². The zero-order valence-corrected chi connectivity index (χ0v) is 11.5. The van der Waals surface area contributed by atoms with Gasteiger partial charge in [-0.15, -0.1) is 0 Å². The van der Waals surface area contributed by atoms with Gasteiger partial charge in [-0.25, -0.2) is 4.98 Å².